The summed E-state index contributed by atoms with van der Waals surface area (Å²) in [5, 5.41) is 2.37. The number of halogens is 2. The van der Waals surface area contributed by atoms with Crippen LogP contribution in [-0.4, -0.2) is 69.5 Å². The van der Waals surface area contributed by atoms with Crippen LogP contribution < -0.4 is 15.8 Å². The van der Waals surface area contributed by atoms with E-state index >= 15 is 0 Å². The van der Waals surface area contributed by atoms with Crippen LogP contribution in [0.3, 0.4) is 0 Å². The number of carbonyl (C=O) groups excluding carboxylic acids is 1. The van der Waals surface area contributed by atoms with Gasteiger partial charge in [-0.2, -0.15) is 0 Å². The maximum Gasteiger partial charge on any atom is 0.298 e. The second kappa shape index (κ2) is 9.57. The lowest BCUT2D eigenvalue weighted by Crippen LogP contribution is -2.50. The average Bonchev–Trinajstić information content (AvgIpc) is 2.82. The highest BCUT2D eigenvalue weighted by Gasteiger charge is 2.34. The molecule has 174 valence electrons. The van der Waals surface area contributed by atoms with Gasteiger partial charge >= 0.3 is 0 Å². The van der Waals surface area contributed by atoms with Gasteiger partial charge in [0.1, 0.15) is 17.7 Å². The highest BCUT2D eigenvalue weighted by atomic mass is 19.3. The molecular formula is C22H25F2N7O2. The molecule has 2 aromatic heterocycles. The minimum Gasteiger partial charge on any atom is -0.484 e. The summed E-state index contributed by atoms with van der Waals surface area (Å²) in [4.78, 5) is 30.7. The highest BCUT2D eigenvalue weighted by molar-refractivity contribution is 5.90. The number of hydrogen-bond acceptors (Lipinski definition) is 8. The van der Waals surface area contributed by atoms with E-state index in [1.807, 2.05) is 11.9 Å². The number of likely N-dealkylation sites (N-methyl/N-ethyl adjacent to an activating group) is 1. The molecule has 3 N–H and O–H groups in total. The average molecular weight is 457 g/mol. The largest absolute Gasteiger partial charge is 0.484 e. The topological polar surface area (TPSA) is 119 Å². The summed E-state index contributed by atoms with van der Waals surface area (Å²) in [6, 6.07) is 2.98. The van der Waals surface area contributed by atoms with Crippen molar-refractivity contribution in [2.75, 3.05) is 32.5 Å². The van der Waals surface area contributed by atoms with Gasteiger partial charge in [-0.1, -0.05) is 6.42 Å². The predicted octanol–water partition coefficient (Wildman–Crippen LogP) is 2.28. The normalized spacial score (nSPS) is 17.1. The van der Waals surface area contributed by atoms with Gasteiger partial charge in [0.25, 0.3) is 5.92 Å². The van der Waals surface area contributed by atoms with Crippen molar-refractivity contribution in [2.45, 2.75) is 31.2 Å². The van der Waals surface area contributed by atoms with Crippen LogP contribution in [-0.2, 0) is 4.79 Å². The maximum atomic E-state index is 14.7. The SMILES string of the molecule is CN1CCCC[C@H]1C(=O)NCC(F)(F)COc1c(-c2cncnc2)ccc2ncc(N)nc12. The van der Waals surface area contributed by atoms with Crippen LogP contribution in [0.5, 0.6) is 5.75 Å². The number of carbonyl (C=O) groups is 1. The van der Waals surface area contributed by atoms with Crippen LogP contribution >= 0.6 is 0 Å². The Morgan fingerprint density at radius 3 is 2.82 bits per heavy atom. The molecule has 0 bridgehead atoms. The first kappa shape index (κ1) is 22.7. The Labute approximate surface area is 189 Å². The first-order valence-corrected chi connectivity index (χ1v) is 10.6. The van der Waals surface area contributed by atoms with Crippen LogP contribution in [0.1, 0.15) is 19.3 Å². The molecular weight excluding hydrogens is 432 g/mol. The molecule has 0 aliphatic carbocycles. The summed E-state index contributed by atoms with van der Waals surface area (Å²) < 4.78 is 35.0. The number of benzene rings is 1. The molecule has 0 saturated carbocycles. The number of amides is 1. The van der Waals surface area contributed by atoms with Crippen LogP contribution in [0, 0.1) is 0 Å². The fourth-order valence-electron chi connectivity index (χ4n) is 3.85. The molecule has 0 unspecified atom stereocenters. The van der Waals surface area contributed by atoms with Crippen molar-refractivity contribution in [1.82, 2.24) is 30.2 Å². The molecule has 3 heterocycles. The van der Waals surface area contributed by atoms with Gasteiger partial charge in [-0.3, -0.25) is 14.7 Å². The summed E-state index contributed by atoms with van der Waals surface area (Å²) in [6.45, 7) is -1.03. The number of rotatable bonds is 7. The van der Waals surface area contributed by atoms with E-state index in [0.29, 0.717) is 23.1 Å². The standard InChI is InChI=1S/C22H25F2N7O2/c1-31-7-3-2-4-17(31)21(32)29-11-22(23,24)12-33-20-15(14-8-26-13-27-9-14)5-6-16-19(20)30-18(25)10-28-16/h5-6,8-10,13,17H,2-4,7,11-12H2,1H3,(H2,25,30)(H,29,32)/t17-/m0/s1. The summed E-state index contributed by atoms with van der Waals surface area (Å²) in [5.74, 6) is -3.49. The number of nitrogens with one attached hydrogen (secondary N) is 1. The summed E-state index contributed by atoms with van der Waals surface area (Å²) in [7, 11) is 1.83. The Kier molecular flexibility index (Phi) is 6.59. The lowest BCUT2D eigenvalue weighted by atomic mass is 10.0. The van der Waals surface area contributed by atoms with Crippen molar-refractivity contribution in [2.24, 2.45) is 0 Å². The molecule has 33 heavy (non-hydrogen) atoms. The molecule has 3 aromatic rings. The quantitative estimate of drug-likeness (QED) is 0.555. The fourth-order valence-corrected chi connectivity index (χ4v) is 3.85. The number of alkyl halides is 2. The molecule has 1 amide bonds. The molecule has 1 saturated heterocycles. The van der Waals surface area contributed by atoms with E-state index in [-0.39, 0.29) is 17.1 Å². The third-order valence-electron chi connectivity index (χ3n) is 5.58. The van der Waals surface area contributed by atoms with Gasteiger partial charge in [0, 0.05) is 23.5 Å². The van der Waals surface area contributed by atoms with Crippen LogP contribution in [0.4, 0.5) is 14.6 Å². The monoisotopic (exact) mass is 457 g/mol. The van der Waals surface area contributed by atoms with E-state index in [1.54, 1.807) is 24.5 Å². The summed E-state index contributed by atoms with van der Waals surface area (Å²) >= 11 is 0. The van der Waals surface area contributed by atoms with Crippen LogP contribution in [0.15, 0.2) is 37.1 Å². The number of hydrogen-bond donors (Lipinski definition) is 2. The minimum atomic E-state index is -3.32. The van der Waals surface area contributed by atoms with E-state index in [0.717, 1.165) is 19.4 Å². The third kappa shape index (κ3) is 5.30. The Balaban J connectivity index is 1.52. The molecule has 1 fully saturated rings. The fraction of sp³-hybridized carbons (Fsp3) is 0.409. The second-order valence-corrected chi connectivity index (χ2v) is 8.09. The number of nitrogens with zero attached hydrogens (tertiary/aromatic N) is 5. The molecule has 9 nitrogen and oxygen atoms in total. The number of nitrogen functional groups attached to an aromatic ring is 1. The van der Waals surface area contributed by atoms with Gasteiger partial charge in [-0.25, -0.2) is 23.7 Å². The lowest BCUT2D eigenvalue weighted by Gasteiger charge is -2.31. The molecule has 4 rings (SSSR count). The van der Waals surface area contributed by atoms with Crippen molar-refractivity contribution < 1.29 is 18.3 Å². The Morgan fingerprint density at radius 1 is 1.27 bits per heavy atom. The van der Waals surface area contributed by atoms with Crippen molar-refractivity contribution in [3.8, 4) is 16.9 Å². The third-order valence-corrected chi connectivity index (χ3v) is 5.58. The van der Waals surface area contributed by atoms with Gasteiger partial charge < -0.3 is 15.8 Å². The molecule has 0 radical (unpaired) electrons. The van der Waals surface area contributed by atoms with E-state index in [1.165, 1.54) is 12.5 Å². The molecule has 11 heteroatoms. The number of nitrogens with two attached hydrogens (primary N) is 1. The van der Waals surface area contributed by atoms with Crippen molar-refractivity contribution >= 4 is 22.8 Å². The number of fused-ring (bicyclic) bond motifs is 1. The van der Waals surface area contributed by atoms with Gasteiger partial charge in [0.2, 0.25) is 5.91 Å². The summed E-state index contributed by atoms with van der Waals surface area (Å²) in [5.41, 5.74) is 7.51. The lowest BCUT2D eigenvalue weighted by molar-refractivity contribution is -0.129. The molecule has 1 atom stereocenters. The smallest absolute Gasteiger partial charge is 0.298 e. The van der Waals surface area contributed by atoms with Crippen LogP contribution in [0.25, 0.3) is 22.2 Å². The van der Waals surface area contributed by atoms with Gasteiger partial charge in [-0.15, -0.1) is 0 Å². The molecule has 1 aliphatic rings. The Morgan fingerprint density at radius 2 is 2.06 bits per heavy atom. The van der Waals surface area contributed by atoms with Crippen molar-refractivity contribution in [3.63, 3.8) is 0 Å². The first-order valence-electron chi connectivity index (χ1n) is 10.6. The van der Waals surface area contributed by atoms with E-state index in [4.69, 9.17) is 10.5 Å². The van der Waals surface area contributed by atoms with Crippen molar-refractivity contribution in [1.29, 1.82) is 0 Å². The molecule has 0 spiro atoms. The van der Waals surface area contributed by atoms with E-state index in [9.17, 15) is 13.6 Å². The number of likely N-dealkylation sites (tertiary alicyclic amines) is 1. The summed E-state index contributed by atoms with van der Waals surface area (Å²) in [6.07, 6.45) is 8.38. The van der Waals surface area contributed by atoms with Crippen molar-refractivity contribution in [3.05, 3.63) is 37.1 Å². The molecule has 1 aromatic carbocycles. The Hall–Kier alpha value is -3.47. The number of aromatic nitrogens is 4. The minimum absolute atomic E-state index is 0.0973. The predicted molar refractivity (Wildman–Crippen MR) is 119 cm³/mol. The zero-order valence-electron chi connectivity index (χ0n) is 18.2. The van der Waals surface area contributed by atoms with Gasteiger partial charge in [0.15, 0.2) is 12.4 Å². The van der Waals surface area contributed by atoms with Crippen LogP contribution in [0.2, 0.25) is 0 Å². The highest BCUT2D eigenvalue weighted by Crippen LogP contribution is 2.36. The maximum absolute atomic E-state index is 14.7. The van der Waals surface area contributed by atoms with Gasteiger partial charge in [-0.05, 0) is 38.6 Å². The Bertz CT molecular complexity index is 1130. The second-order valence-electron chi connectivity index (χ2n) is 8.09. The number of piperidine rings is 1. The van der Waals surface area contributed by atoms with E-state index in [2.05, 4.69) is 25.3 Å². The van der Waals surface area contributed by atoms with Gasteiger partial charge in [0.05, 0.1) is 24.3 Å². The zero-order chi connectivity index (χ0) is 23.4. The first-order chi connectivity index (χ1) is 15.8. The number of anilines is 1. The zero-order valence-corrected chi connectivity index (χ0v) is 18.2. The van der Waals surface area contributed by atoms with E-state index < -0.39 is 31.0 Å². The molecule has 1 aliphatic heterocycles. The number of ether oxygens (including phenoxy) is 1.